The predicted octanol–water partition coefficient (Wildman–Crippen LogP) is 6.02. The van der Waals surface area contributed by atoms with Crippen LogP contribution < -0.4 is 5.32 Å². The second-order valence-electron chi connectivity index (χ2n) is 10.1. The van der Waals surface area contributed by atoms with Gasteiger partial charge in [-0.05, 0) is 60.7 Å². The van der Waals surface area contributed by atoms with Crippen LogP contribution in [-0.2, 0) is 9.59 Å². The highest BCUT2D eigenvalue weighted by Gasteiger charge is 2.31. The summed E-state index contributed by atoms with van der Waals surface area (Å²) in [7, 11) is 0. The third-order valence-electron chi connectivity index (χ3n) is 7.60. The SMILES string of the molecule is CC1CCCC(N2CCC(c3c(C#N)ccc(C#N)c3F)=CC2=O)c2cc(ccn2)-c2cc(F)c(F)cc2NC1=O. The molecule has 1 N–H and O–H groups in total. The van der Waals surface area contributed by atoms with E-state index in [1.54, 1.807) is 30.0 Å². The molecule has 0 spiro atoms. The maximum atomic E-state index is 15.1. The fourth-order valence-corrected chi connectivity index (χ4v) is 5.39. The van der Waals surface area contributed by atoms with Crippen molar-refractivity contribution >= 4 is 23.1 Å². The molecule has 2 aliphatic rings. The van der Waals surface area contributed by atoms with Gasteiger partial charge in [0.25, 0.3) is 0 Å². The van der Waals surface area contributed by atoms with Crippen LogP contribution >= 0.6 is 0 Å². The van der Waals surface area contributed by atoms with E-state index in [9.17, 15) is 28.9 Å². The van der Waals surface area contributed by atoms with Gasteiger partial charge in [-0.1, -0.05) is 13.3 Å². The lowest BCUT2D eigenvalue weighted by atomic mass is 9.90. The summed E-state index contributed by atoms with van der Waals surface area (Å²) in [5, 5.41) is 21.5. The Morgan fingerprint density at radius 1 is 1.00 bits per heavy atom. The third kappa shape index (κ3) is 5.29. The number of nitrogens with zero attached hydrogens (tertiary/aromatic N) is 4. The summed E-state index contributed by atoms with van der Waals surface area (Å²) in [6.07, 6.45) is 4.53. The summed E-state index contributed by atoms with van der Waals surface area (Å²) in [6, 6.07) is 11.1. The van der Waals surface area contributed by atoms with Gasteiger partial charge in [0.15, 0.2) is 11.6 Å². The van der Waals surface area contributed by atoms with Crippen LogP contribution in [0.1, 0.15) is 61.0 Å². The second-order valence-corrected chi connectivity index (χ2v) is 10.1. The molecule has 1 aromatic heterocycles. The van der Waals surface area contributed by atoms with Crippen molar-refractivity contribution in [1.82, 2.24) is 9.88 Å². The molecule has 0 fully saturated rings. The van der Waals surface area contributed by atoms with Crippen molar-refractivity contribution < 1.29 is 22.8 Å². The van der Waals surface area contributed by atoms with Gasteiger partial charge in [0.1, 0.15) is 11.9 Å². The van der Waals surface area contributed by atoms with Crippen LogP contribution in [0.2, 0.25) is 0 Å². The van der Waals surface area contributed by atoms with Gasteiger partial charge >= 0.3 is 0 Å². The average molecular weight is 556 g/mol. The highest BCUT2D eigenvalue weighted by molar-refractivity contribution is 5.98. The fourth-order valence-electron chi connectivity index (χ4n) is 5.39. The molecule has 2 amide bonds. The molecular formula is C31H24F3N5O2. The van der Waals surface area contributed by atoms with E-state index in [2.05, 4.69) is 10.3 Å². The van der Waals surface area contributed by atoms with Gasteiger partial charge in [-0.2, -0.15) is 10.5 Å². The van der Waals surface area contributed by atoms with E-state index in [0.717, 1.165) is 12.1 Å². The number of hydrogen-bond donors (Lipinski definition) is 1. The molecule has 2 bridgehead atoms. The van der Waals surface area contributed by atoms with Crippen LogP contribution in [0.25, 0.3) is 16.7 Å². The number of carbonyl (C=O) groups excluding carboxylic acids is 2. The lowest BCUT2D eigenvalue weighted by molar-refractivity contribution is -0.129. The number of pyridine rings is 1. The molecule has 10 heteroatoms. The Labute approximate surface area is 234 Å². The standard InChI is InChI=1S/C31H24F3N5O2/c1-17-3-2-4-27(26-11-18(7-9-37-26)22-13-23(32)24(33)14-25(22)38-31(17)41)39-10-8-19(12-28(39)40)29-20(15-35)5-6-21(16-36)30(29)34/h5-7,9,11-14,17,27H,2-4,8,10H2,1H3,(H,38,41). The summed E-state index contributed by atoms with van der Waals surface area (Å²) < 4.78 is 43.5. The zero-order valence-electron chi connectivity index (χ0n) is 22.0. The largest absolute Gasteiger partial charge is 0.330 e. The number of halogens is 3. The number of fused-ring (bicyclic) bond motifs is 4. The number of benzene rings is 2. The zero-order valence-corrected chi connectivity index (χ0v) is 22.0. The first-order chi connectivity index (χ1) is 19.7. The van der Waals surface area contributed by atoms with Crippen LogP contribution in [0, 0.1) is 46.0 Å². The second kappa shape index (κ2) is 11.3. The number of hydrogen-bond acceptors (Lipinski definition) is 5. The van der Waals surface area contributed by atoms with Gasteiger partial charge in [0.2, 0.25) is 11.8 Å². The van der Waals surface area contributed by atoms with Crippen molar-refractivity contribution in [3.05, 3.63) is 88.5 Å². The summed E-state index contributed by atoms with van der Waals surface area (Å²) in [5.74, 6) is -4.18. The molecule has 206 valence electrons. The van der Waals surface area contributed by atoms with Gasteiger partial charge in [0, 0.05) is 41.9 Å². The summed E-state index contributed by atoms with van der Waals surface area (Å²) in [4.78, 5) is 32.5. The van der Waals surface area contributed by atoms with Crippen LogP contribution in [-0.4, -0.2) is 28.2 Å². The normalized spacial score (nSPS) is 19.1. The predicted molar refractivity (Wildman–Crippen MR) is 144 cm³/mol. The lowest BCUT2D eigenvalue weighted by Crippen LogP contribution is -2.38. The number of aromatic nitrogens is 1. The molecule has 0 radical (unpaired) electrons. The van der Waals surface area contributed by atoms with E-state index < -0.39 is 35.3 Å². The van der Waals surface area contributed by atoms with Crippen molar-refractivity contribution in [1.29, 1.82) is 10.5 Å². The zero-order chi connectivity index (χ0) is 29.3. The maximum Gasteiger partial charge on any atom is 0.247 e. The van der Waals surface area contributed by atoms with E-state index in [0.29, 0.717) is 36.1 Å². The van der Waals surface area contributed by atoms with Crippen molar-refractivity contribution in [2.24, 2.45) is 5.92 Å². The number of amides is 2. The Bertz CT molecular complexity index is 1690. The molecule has 0 saturated heterocycles. The highest BCUT2D eigenvalue weighted by Crippen LogP contribution is 2.37. The minimum absolute atomic E-state index is 0.0315. The summed E-state index contributed by atoms with van der Waals surface area (Å²) >= 11 is 0. The number of anilines is 1. The van der Waals surface area contributed by atoms with E-state index in [1.807, 2.05) is 6.07 Å². The molecule has 2 aliphatic heterocycles. The Morgan fingerprint density at radius 2 is 1.73 bits per heavy atom. The Morgan fingerprint density at radius 3 is 2.46 bits per heavy atom. The molecule has 7 nitrogen and oxygen atoms in total. The minimum atomic E-state index is -1.09. The fraction of sp³-hybridized carbons (Fsp3) is 0.258. The molecule has 0 saturated carbocycles. The van der Waals surface area contributed by atoms with Gasteiger partial charge < -0.3 is 10.2 Å². The Balaban J connectivity index is 1.56. The number of nitrogens with one attached hydrogen (secondary N) is 1. The van der Waals surface area contributed by atoms with Gasteiger partial charge in [-0.3, -0.25) is 14.6 Å². The molecule has 2 unspecified atom stereocenters. The summed E-state index contributed by atoms with van der Waals surface area (Å²) in [5.41, 5.74) is 1.50. The van der Waals surface area contributed by atoms with E-state index in [4.69, 9.17) is 0 Å². The van der Waals surface area contributed by atoms with Crippen molar-refractivity contribution in [2.45, 2.75) is 38.6 Å². The van der Waals surface area contributed by atoms with Crippen LogP contribution in [0.4, 0.5) is 18.9 Å². The van der Waals surface area contributed by atoms with Crippen molar-refractivity contribution in [3.8, 4) is 23.3 Å². The van der Waals surface area contributed by atoms with E-state index >= 15 is 4.39 Å². The first-order valence-electron chi connectivity index (χ1n) is 13.1. The molecule has 2 aromatic carbocycles. The number of nitriles is 2. The Kier molecular flexibility index (Phi) is 7.58. The number of carbonyl (C=O) groups is 2. The molecule has 3 heterocycles. The molecule has 3 aromatic rings. The van der Waals surface area contributed by atoms with Crippen molar-refractivity contribution in [3.63, 3.8) is 0 Å². The highest BCUT2D eigenvalue weighted by atomic mass is 19.2. The topological polar surface area (TPSA) is 110 Å². The first-order valence-corrected chi connectivity index (χ1v) is 13.1. The monoisotopic (exact) mass is 555 g/mol. The molecule has 5 rings (SSSR count). The average Bonchev–Trinajstić information content (AvgIpc) is 2.96. The van der Waals surface area contributed by atoms with E-state index in [1.165, 1.54) is 24.4 Å². The smallest absolute Gasteiger partial charge is 0.247 e. The molecule has 0 aliphatic carbocycles. The van der Waals surface area contributed by atoms with E-state index in [-0.39, 0.29) is 46.8 Å². The van der Waals surface area contributed by atoms with Crippen LogP contribution in [0.3, 0.4) is 0 Å². The first kappa shape index (κ1) is 27.6. The maximum absolute atomic E-state index is 15.1. The lowest BCUT2D eigenvalue weighted by Gasteiger charge is -2.34. The van der Waals surface area contributed by atoms with Gasteiger partial charge in [-0.25, -0.2) is 13.2 Å². The summed E-state index contributed by atoms with van der Waals surface area (Å²) in [6.45, 7) is 1.93. The number of rotatable bonds is 2. The Hall–Kier alpha value is -4.96. The van der Waals surface area contributed by atoms with Gasteiger partial charge in [0.05, 0.1) is 34.6 Å². The van der Waals surface area contributed by atoms with Crippen LogP contribution in [0.15, 0.2) is 48.7 Å². The van der Waals surface area contributed by atoms with Crippen molar-refractivity contribution in [2.75, 3.05) is 11.9 Å². The minimum Gasteiger partial charge on any atom is -0.330 e. The molecular weight excluding hydrogens is 531 g/mol. The quantitative estimate of drug-likeness (QED) is 0.416. The van der Waals surface area contributed by atoms with Crippen LogP contribution in [0.5, 0.6) is 0 Å². The molecule has 41 heavy (non-hydrogen) atoms. The third-order valence-corrected chi connectivity index (χ3v) is 7.60. The molecule has 2 atom stereocenters. The van der Waals surface area contributed by atoms with Gasteiger partial charge in [-0.15, -0.1) is 0 Å².